The summed E-state index contributed by atoms with van der Waals surface area (Å²) in [5.41, 5.74) is -0.0408. The summed E-state index contributed by atoms with van der Waals surface area (Å²) in [6.45, 7) is 1.50. The summed E-state index contributed by atoms with van der Waals surface area (Å²) in [6, 6.07) is 5.42. The number of hydrogen-bond acceptors (Lipinski definition) is 5. The number of carbonyl (C=O) groups excluding carboxylic acids is 1. The quantitative estimate of drug-likeness (QED) is 0.567. The maximum Gasteiger partial charge on any atom is 0.269 e. The van der Waals surface area contributed by atoms with Crippen LogP contribution in [0.1, 0.15) is 6.92 Å². The molecule has 1 rings (SSSR count). The fourth-order valence-electron chi connectivity index (χ4n) is 1.13. The number of carbonyl (C=O) groups is 1. The van der Waals surface area contributed by atoms with Crippen LogP contribution in [0.3, 0.4) is 0 Å². The number of hydrogen-bond donors (Lipinski definition) is 2. The molecule has 0 aromatic heterocycles. The molecular formula is C11H14N2O5. The van der Waals surface area contributed by atoms with Gasteiger partial charge < -0.3 is 15.2 Å². The average Bonchev–Trinajstić information content (AvgIpc) is 2.34. The van der Waals surface area contributed by atoms with E-state index in [1.165, 1.54) is 24.3 Å². The van der Waals surface area contributed by atoms with E-state index >= 15 is 0 Å². The van der Waals surface area contributed by atoms with Crippen molar-refractivity contribution in [3.63, 3.8) is 0 Å². The third-order valence-electron chi connectivity index (χ3n) is 2.01. The largest absolute Gasteiger partial charge is 0.484 e. The van der Waals surface area contributed by atoms with Crippen molar-refractivity contribution in [3.8, 4) is 5.75 Å². The van der Waals surface area contributed by atoms with E-state index in [1.807, 2.05) is 0 Å². The van der Waals surface area contributed by atoms with Crippen LogP contribution >= 0.6 is 0 Å². The molecule has 0 aliphatic rings. The van der Waals surface area contributed by atoms with E-state index in [4.69, 9.17) is 9.84 Å². The van der Waals surface area contributed by atoms with Crippen LogP contribution in [0.25, 0.3) is 0 Å². The number of rotatable bonds is 6. The van der Waals surface area contributed by atoms with E-state index in [1.54, 1.807) is 6.92 Å². The molecule has 0 spiro atoms. The Kier molecular flexibility index (Phi) is 5.06. The fraction of sp³-hybridized carbons (Fsp3) is 0.364. The lowest BCUT2D eigenvalue weighted by Crippen LogP contribution is -2.34. The van der Waals surface area contributed by atoms with Gasteiger partial charge in [0, 0.05) is 18.7 Å². The molecule has 1 aromatic rings. The van der Waals surface area contributed by atoms with Crippen molar-refractivity contribution in [2.45, 2.75) is 13.0 Å². The summed E-state index contributed by atoms with van der Waals surface area (Å²) in [4.78, 5) is 21.1. The maximum atomic E-state index is 11.2. The number of nitrogens with one attached hydrogen (secondary N) is 1. The summed E-state index contributed by atoms with van der Waals surface area (Å²) in [5, 5.41) is 21.8. The van der Waals surface area contributed by atoms with E-state index < -0.39 is 11.0 Å². The van der Waals surface area contributed by atoms with Crippen LogP contribution in [0, 0.1) is 10.1 Å². The highest BCUT2D eigenvalue weighted by Crippen LogP contribution is 2.16. The molecule has 0 heterocycles. The molecule has 7 heteroatoms. The fourth-order valence-corrected chi connectivity index (χ4v) is 1.13. The van der Waals surface area contributed by atoms with Gasteiger partial charge in [-0.3, -0.25) is 14.9 Å². The van der Waals surface area contributed by atoms with E-state index in [0.717, 1.165) is 0 Å². The van der Waals surface area contributed by atoms with Gasteiger partial charge in [-0.1, -0.05) is 0 Å². The first-order chi connectivity index (χ1) is 8.49. The van der Waals surface area contributed by atoms with Gasteiger partial charge in [-0.05, 0) is 19.1 Å². The molecule has 1 aromatic carbocycles. The van der Waals surface area contributed by atoms with Gasteiger partial charge in [0.05, 0.1) is 11.0 Å². The summed E-state index contributed by atoms with van der Waals surface area (Å²) in [7, 11) is 0. The number of aliphatic hydroxyl groups excluding tert-OH is 1. The normalized spacial score (nSPS) is 11.7. The Balaban J connectivity index is 2.39. The Labute approximate surface area is 104 Å². The van der Waals surface area contributed by atoms with Gasteiger partial charge in [-0.15, -0.1) is 0 Å². The van der Waals surface area contributed by atoms with Crippen LogP contribution in [0.5, 0.6) is 5.75 Å². The standard InChI is InChI=1S/C11H14N2O5/c1-8(14)6-12-11(15)7-18-10-4-2-9(3-5-10)13(16)17/h2-5,8,14H,6-7H2,1H3,(H,12,15)/t8-/m1/s1. The Morgan fingerprint density at radius 3 is 2.61 bits per heavy atom. The van der Waals surface area contributed by atoms with E-state index in [9.17, 15) is 14.9 Å². The van der Waals surface area contributed by atoms with Gasteiger partial charge in [-0.2, -0.15) is 0 Å². The number of aliphatic hydroxyl groups is 1. The lowest BCUT2D eigenvalue weighted by atomic mass is 10.3. The number of benzene rings is 1. The zero-order valence-electron chi connectivity index (χ0n) is 9.83. The SMILES string of the molecule is C[C@@H](O)CNC(=O)COc1ccc([N+](=O)[O-])cc1. The molecule has 0 saturated carbocycles. The van der Waals surface area contributed by atoms with Crippen LogP contribution in [0.15, 0.2) is 24.3 Å². The maximum absolute atomic E-state index is 11.2. The van der Waals surface area contributed by atoms with Crippen LogP contribution in [0.4, 0.5) is 5.69 Å². The van der Waals surface area contributed by atoms with Crippen molar-refractivity contribution in [2.75, 3.05) is 13.2 Å². The minimum atomic E-state index is -0.617. The van der Waals surface area contributed by atoms with Gasteiger partial charge in [0.15, 0.2) is 6.61 Å². The number of non-ortho nitro benzene ring substituents is 1. The van der Waals surface area contributed by atoms with Crippen molar-refractivity contribution in [1.29, 1.82) is 0 Å². The lowest BCUT2D eigenvalue weighted by molar-refractivity contribution is -0.384. The molecule has 0 aliphatic carbocycles. The first-order valence-corrected chi connectivity index (χ1v) is 5.31. The monoisotopic (exact) mass is 254 g/mol. The Hall–Kier alpha value is -2.15. The number of amides is 1. The Morgan fingerprint density at radius 2 is 2.11 bits per heavy atom. The van der Waals surface area contributed by atoms with Gasteiger partial charge in [-0.25, -0.2) is 0 Å². The predicted octanol–water partition coefficient (Wildman–Crippen LogP) is 0.471. The molecule has 0 saturated heterocycles. The molecule has 0 aliphatic heterocycles. The minimum Gasteiger partial charge on any atom is -0.484 e. The van der Waals surface area contributed by atoms with Crippen LogP contribution < -0.4 is 10.1 Å². The van der Waals surface area contributed by atoms with Gasteiger partial charge in [0.2, 0.25) is 0 Å². The molecule has 0 fully saturated rings. The first kappa shape index (κ1) is 13.9. The average molecular weight is 254 g/mol. The highest BCUT2D eigenvalue weighted by Gasteiger charge is 2.06. The molecule has 1 atom stereocenters. The van der Waals surface area contributed by atoms with Crippen molar-refractivity contribution in [3.05, 3.63) is 34.4 Å². The zero-order valence-corrected chi connectivity index (χ0v) is 9.83. The molecule has 2 N–H and O–H groups in total. The molecule has 18 heavy (non-hydrogen) atoms. The molecule has 98 valence electrons. The summed E-state index contributed by atoms with van der Waals surface area (Å²) in [5.74, 6) is 0.00190. The Morgan fingerprint density at radius 1 is 1.50 bits per heavy atom. The number of nitrogens with zero attached hydrogens (tertiary/aromatic N) is 1. The molecule has 0 unspecified atom stereocenters. The van der Waals surface area contributed by atoms with E-state index in [2.05, 4.69) is 5.32 Å². The Bertz CT molecular complexity index is 416. The summed E-state index contributed by atoms with van der Waals surface area (Å²) in [6.07, 6.45) is -0.617. The van der Waals surface area contributed by atoms with Crippen LogP contribution in [-0.2, 0) is 4.79 Å². The predicted molar refractivity (Wildman–Crippen MR) is 63.3 cm³/mol. The number of nitro benzene ring substituents is 1. The van der Waals surface area contributed by atoms with Crippen molar-refractivity contribution in [2.24, 2.45) is 0 Å². The third kappa shape index (κ3) is 4.79. The number of ether oxygens (including phenoxy) is 1. The second kappa shape index (κ2) is 6.55. The molecule has 7 nitrogen and oxygen atoms in total. The summed E-state index contributed by atoms with van der Waals surface area (Å²) >= 11 is 0. The molecular weight excluding hydrogens is 240 g/mol. The molecule has 0 bridgehead atoms. The number of nitro groups is 1. The highest BCUT2D eigenvalue weighted by atomic mass is 16.6. The smallest absolute Gasteiger partial charge is 0.269 e. The van der Waals surface area contributed by atoms with Gasteiger partial charge in [0.1, 0.15) is 5.75 Å². The third-order valence-corrected chi connectivity index (χ3v) is 2.01. The topological polar surface area (TPSA) is 102 Å². The van der Waals surface area contributed by atoms with Crippen molar-refractivity contribution < 1.29 is 19.6 Å². The molecule has 0 radical (unpaired) electrons. The van der Waals surface area contributed by atoms with Crippen LogP contribution in [0.2, 0.25) is 0 Å². The van der Waals surface area contributed by atoms with Gasteiger partial charge in [0.25, 0.3) is 11.6 Å². The van der Waals surface area contributed by atoms with Crippen molar-refractivity contribution >= 4 is 11.6 Å². The minimum absolute atomic E-state index is 0.0408. The van der Waals surface area contributed by atoms with E-state index in [-0.39, 0.29) is 24.7 Å². The summed E-state index contributed by atoms with van der Waals surface area (Å²) < 4.78 is 5.12. The van der Waals surface area contributed by atoms with Crippen LogP contribution in [-0.4, -0.2) is 35.2 Å². The van der Waals surface area contributed by atoms with Crippen molar-refractivity contribution in [1.82, 2.24) is 5.32 Å². The first-order valence-electron chi connectivity index (χ1n) is 5.31. The zero-order chi connectivity index (χ0) is 13.5. The molecule has 1 amide bonds. The second-order valence-corrected chi connectivity index (χ2v) is 3.69. The van der Waals surface area contributed by atoms with Gasteiger partial charge >= 0.3 is 0 Å². The lowest BCUT2D eigenvalue weighted by Gasteiger charge is -2.08. The highest BCUT2D eigenvalue weighted by molar-refractivity contribution is 5.77. The second-order valence-electron chi connectivity index (χ2n) is 3.69. The van der Waals surface area contributed by atoms with E-state index in [0.29, 0.717) is 5.75 Å².